The minimum absolute atomic E-state index is 0.178. The lowest BCUT2D eigenvalue weighted by Gasteiger charge is -2.27. The van der Waals surface area contributed by atoms with Gasteiger partial charge in [-0.05, 0) is 42.9 Å². The second-order valence-electron chi connectivity index (χ2n) is 7.74. The van der Waals surface area contributed by atoms with E-state index < -0.39 is 0 Å². The number of hydrogen-bond acceptors (Lipinski definition) is 3. The van der Waals surface area contributed by atoms with Crippen molar-refractivity contribution >= 4 is 5.91 Å². The Balaban J connectivity index is 1.46. The van der Waals surface area contributed by atoms with Gasteiger partial charge >= 0.3 is 0 Å². The third-order valence-corrected chi connectivity index (χ3v) is 5.39. The second kappa shape index (κ2) is 11.6. The van der Waals surface area contributed by atoms with E-state index in [4.69, 9.17) is 0 Å². The van der Waals surface area contributed by atoms with Crippen molar-refractivity contribution in [3.05, 3.63) is 71.8 Å². The van der Waals surface area contributed by atoms with Crippen LogP contribution in [0.2, 0.25) is 0 Å². The Morgan fingerprint density at radius 2 is 1.50 bits per heavy atom. The maximum absolute atomic E-state index is 12.6. The highest BCUT2D eigenvalue weighted by molar-refractivity contribution is 5.76. The molecule has 0 spiro atoms. The van der Waals surface area contributed by atoms with E-state index in [2.05, 4.69) is 64.1 Å². The predicted octanol–water partition coefficient (Wildman–Crippen LogP) is 2.89. The summed E-state index contributed by atoms with van der Waals surface area (Å²) in [6, 6.07) is 21.0. The molecule has 1 saturated heterocycles. The smallest absolute Gasteiger partial charge is 0.220 e. The first-order chi connectivity index (χ1) is 13.8. The van der Waals surface area contributed by atoms with Gasteiger partial charge in [0.15, 0.2) is 0 Å². The number of hydrogen-bond donors (Lipinski definition) is 2. The Morgan fingerprint density at radius 3 is 2.07 bits per heavy atom. The number of carbonyl (C=O) groups is 1. The molecule has 4 heteroatoms. The topological polar surface area (TPSA) is 44.4 Å². The molecule has 3 rings (SSSR count). The summed E-state index contributed by atoms with van der Waals surface area (Å²) in [6.07, 6.45) is 3.47. The summed E-state index contributed by atoms with van der Waals surface area (Å²) in [4.78, 5) is 15.0. The molecular weight excluding hydrogens is 346 g/mol. The van der Waals surface area contributed by atoms with Crippen molar-refractivity contribution in [1.29, 1.82) is 0 Å². The molecule has 0 aromatic heterocycles. The summed E-state index contributed by atoms with van der Waals surface area (Å²) < 4.78 is 0. The second-order valence-corrected chi connectivity index (χ2v) is 7.74. The van der Waals surface area contributed by atoms with Gasteiger partial charge in [-0.15, -0.1) is 0 Å². The van der Waals surface area contributed by atoms with Gasteiger partial charge in [-0.1, -0.05) is 60.7 Å². The quantitative estimate of drug-likeness (QED) is 0.624. The van der Waals surface area contributed by atoms with Crippen LogP contribution in [0.25, 0.3) is 0 Å². The first-order valence-corrected chi connectivity index (χ1v) is 10.6. The number of nitrogens with one attached hydrogen (secondary N) is 2. The molecule has 0 aliphatic carbocycles. The normalized spacial score (nSPS) is 14.9. The van der Waals surface area contributed by atoms with Gasteiger partial charge in [0.2, 0.25) is 5.91 Å². The lowest BCUT2D eigenvalue weighted by molar-refractivity contribution is -0.122. The summed E-state index contributed by atoms with van der Waals surface area (Å²) in [6.45, 7) is 6.22. The van der Waals surface area contributed by atoms with E-state index in [1.54, 1.807) is 0 Å². The van der Waals surface area contributed by atoms with E-state index >= 15 is 0 Å². The molecule has 0 atom stereocenters. The molecule has 1 aliphatic heterocycles. The monoisotopic (exact) mass is 379 g/mol. The van der Waals surface area contributed by atoms with Crippen LogP contribution in [0.5, 0.6) is 0 Å². The van der Waals surface area contributed by atoms with Crippen molar-refractivity contribution in [2.75, 3.05) is 39.3 Å². The van der Waals surface area contributed by atoms with Gasteiger partial charge in [0.1, 0.15) is 0 Å². The van der Waals surface area contributed by atoms with Crippen LogP contribution < -0.4 is 10.6 Å². The average molecular weight is 380 g/mol. The van der Waals surface area contributed by atoms with Gasteiger partial charge in [0.05, 0.1) is 0 Å². The zero-order valence-electron chi connectivity index (χ0n) is 16.8. The van der Waals surface area contributed by atoms with Gasteiger partial charge in [-0.2, -0.15) is 0 Å². The number of amides is 1. The van der Waals surface area contributed by atoms with Crippen LogP contribution in [0.4, 0.5) is 0 Å². The lowest BCUT2D eigenvalue weighted by atomic mass is 9.89. The minimum Gasteiger partial charge on any atom is -0.356 e. The van der Waals surface area contributed by atoms with E-state index in [-0.39, 0.29) is 5.91 Å². The fourth-order valence-electron chi connectivity index (χ4n) is 3.91. The summed E-state index contributed by atoms with van der Waals surface area (Å²) in [5.74, 6) is 0.496. The SMILES string of the molecule is O=C(CC(Cc1ccccc1)Cc1ccccc1)NCCCN1CCNCC1. The fraction of sp³-hybridized carbons (Fsp3) is 0.458. The number of benzene rings is 2. The molecule has 150 valence electrons. The molecule has 1 fully saturated rings. The van der Waals surface area contributed by atoms with Gasteiger partial charge in [0.25, 0.3) is 0 Å². The standard InChI is InChI=1S/C24H33N3O/c28-24(26-12-7-15-27-16-13-25-14-17-27)20-23(18-21-8-3-1-4-9-21)19-22-10-5-2-6-11-22/h1-6,8-11,23,25H,7,12-20H2,(H,26,28). The summed E-state index contributed by atoms with van der Waals surface area (Å²) in [7, 11) is 0. The van der Waals surface area contributed by atoms with Gasteiger partial charge < -0.3 is 15.5 Å². The Morgan fingerprint density at radius 1 is 0.929 bits per heavy atom. The maximum Gasteiger partial charge on any atom is 0.220 e. The van der Waals surface area contributed by atoms with Crippen LogP contribution in [-0.2, 0) is 17.6 Å². The molecule has 0 unspecified atom stereocenters. The highest BCUT2D eigenvalue weighted by Crippen LogP contribution is 2.18. The fourth-order valence-corrected chi connectivity index (χ4v) is 3.91. The largest absolute Gasteiger partial charge is 0.356 e. The Kier molecular flexibility index (Phi) is 8.54. The molecule has 1 aliphatic rings. The number of nitrogens with zero attached hydrogens (tertiary/aromatic N) is 1. The van der Waals surface area contributed by atoms with E-state index in [1.807, 2.05) is 12.1 Å². The highest BCUT2D eigenvalue weighted by Gasteiger charge is 2.16. The summed E-state index contributed by atoms with van der Waals surface area (Å²) in [5.41, 5.74) is 2.60. The Hall–Kier alpha value is -2.17. The van der Waals surface area contributed by atoms with E-state index in [1.165, 1.54) is 11.1 Å². The average Bonchev–Trinajstić information content (AvgIpc) is 2.73. The van der Waals surface area contributed by atoms with Crippen molar-refractivity contribution in [2.45, 2.75) is 25.7 Å². The van der Waals surface area contributed by atoms with Crippen LogP contribution in [0, 0.1) is 5.92 Å². The zero-order valence-corrected chi connectivity index (χ0v) is 16.8. The van der Waals surface area contributed by atoms with Crippen molar-refractivity contribution < 1.29 is 4.79 Å². The highest BCUT2D eigenvalue weighted by atomic mass is 16.1. The van der Waals surface area contributed by atoms with E-state index in [0.29, 0.717) is 12.3 Å². The molecule has 4 nitrogen and oxygen atoms in total. The van der Waals surface area contributed by atoms with Crippen LogP contribution in [-0.4, -0.2) is 50.1 Å². The van der Waals surface area contributed by atoms with Crippen LogP contribution in [0.1, 0.15) is 24.0 Å². The van der Waals surface area contributed by atoms with E-state index in [9.17, 15) is 4.79 Å². The third kappa shape index (κ3) is 7.45. The minimum atomic E-state index is 0.178. The maximum atomic E-state index is 12.6. The number of carbonyl (C=O) groups excluding carboxylic acids is 1. The van der Waals surface area contributed by atoms with Gasteiger partial charge in [-0.25, -0.2) is 0 Å². The van der Waals surface area contributed by atoms with Crippen LogP contribution in [0.3, 0.4) is 0 Å². The molecule has 2 aromatic rings. The molecule has 0 saturated carbocycles. The zero-order chi connectivity index (χ0) is 19.4. The number of piperazine rings is 1. The molecule has 1 heterocycles. The molecule has 0 radical (unpaired) electrons. The van der Waals surface area contributed by atoms with Gasteiger partial charge in [-0.3, -0.25) is 4.79 Å². The van der Waals surface area contributed by atoms with Crippen molar-refractivity contribution in [1.82, 2.24) is 15.5 Å². The molecule has 2 N–H and O–H groups in total. The molecule has 28 heavy (non-hydrogen) atoms. The van der Waals surface area contributed by atoms with Gasteiger partial charge in [0, 0.05) is 39.1 Å². The summed E-state index contributed by atoms with van der Waals surface area (Å²) in [5, 5.41) is 6.52. The van der Waals surface area contributed by atoms with Crippen molar-refractivity contribution in [3.8, 4) is 0 Å². The van der Waals surface area contributed by atoms with Crippen molar-refractivity contribution in [2.24, 2.45) is 5.92 Å². The molecule has 2 aromatic carbocycles. The Bertz CT molecular complexity index is 642. The molecule has 0 bridgehead atoms. The van der Waals surface area contributed by atoms with Crippen LogP contribution >= 0.6 is 0 Å². The number of rotatable bonds is 10. The first-order valence-electron chi connectivity index (χ1n) is 10.6. The van der Waals surface area contributed by atoms with E-state index in [0.717, 1.165) is 58.5 Å². The third-order valence-electron chi connectivity index (χ3n) is 5.39. The van der Waals surface area contributed by atoms with Crippen molar-refractivity contribution in [3.63, 3.8) is 0 Å². The summed E-state index contributed by atoms with van der Waals surface area (Å²) >= 11 is 0. The molecular formula is C24H33N3O. The first kappa shape index (κ1) is 20.6. The lowest BCUT2D eigenvalue weighted by Crippen LogP contribution is -2.44. The van der Waals surface area contributed by atoms with Crippen LogP contribution in [0.15, 0.2) is 60.7 Å². The predicted molar refractivity (Wildman–Crippen MR) is 115 cm³/mol. The Labute approximate surface area is 169 Å². The molecule has 1 amide bonds.